The van der Waals surface area contributed by atoms with Crippen LogP contribution >= 0.6 is 0 Å². The molecule has 12 nitrogen and oxygen atoms in total. The predicted octanol–water partition coefficient (Wildman–Crippen LogP) is 15.3. The van der Waals surface area contributed by atoms with Gasteiger partial charge < -0.3 is 28.4 Å². The molecule has 0 aliphatic heterocycles. The van der Waals surface area contributed by atoms with Crippen LogP contribution in [0.3, 0.4) is 0 Å². The van der Waals surface area contributed by atoms with Crippen molar-refractivity contribution in [3.8, 4) is 45.3 Å². The van der Waals surface area contributed by atoms with Crippen molar-refractivity contribution < 1.29 is 57.2 Å². The summed E-state index contributed by atoms with van der Waals surface area (Å²) < 4.78 is 33.3. The number of carbonyl (C=O) groups excluding carboxylic acids is 6. The summed E-state index contributed by atoms with van der Waals surface area (Å²) in [6.07, 6.45) is 13.4. The van der Waals surface area contributed by atoms with Gasteiger partial charge in [-0.05, 0) is 172 Å². The minimum absolute atomic E-state index is 0.134. The highest BCUT2D eigenvalue weighted by Crippen LogP contribution is 2.27. The molecule has 12 heteroatoms. The molecule has 0 fully saturated rings. The number of hydrogen-bond donors (Lipinski definition) is 0. The zero-order valence-electron chi connectivity index (χ0n) is 44.2. The molecule has 0 radical (unpaired) electrons. The minimum atomic E-state index is -0.563. The number of unbranched alkanes of at least 4 members (excludes halogenated alkanes) is 9. The topological polar surface area (TPSA) is 158 Å². The molecule has 0 bridgehead atoms. The lowest BCUT2D eigenvalue weighted by Gasteiger charge is -2.13. The molecule has 0 N–H and O–H groups in total. The summed E-state index contributed by atoms with van der Waals surface area (Å²) in [4.78, 5) is 76.0. The van der Waals surface area contributed by atoms with Gasteiger partial charge in [0.1, 0.15) is 23.0 Å². The molecule has 6 rings (SSSR count). The molecule has 0 aliphatic rings. The third-order valence-electron chi connectivity index (χ3n) is 12.7. The first kappa shape index (κ1) is 57.4. The van der Waals surface area contributed by atoms with Crippen molar-refractivity contribution in [3.05, 3.63) is 168 Å². The maximum atomic E-state index is 12.9. The molecule has 0 aromatic heterocycles. The average Bonchev–Trinajstić information content (AvgIpc) is 3.43. The Morgan fingerprint density at radius 3 is 0.908 bits per heavy atom. The molecule has 0 amide bonds. The second kappa shape index (κ2) is 30.5. The molecule has 76 heavy (non-hydrogen) atoms. The number of rotatable bonds is 29. The van der Waals surface area contributed by atoms with Gasteiger partial charge in [-0.2, -0.15) is 0 Å². The van der Waals surface area contributed by atoms with Crippen molar-refractivity contribution in [3.63, 3.8) is 0 Å². The van der Waals surface area contributed by atoms with Gasteiger partial charge in [0.05, 0.1) is 34.5 Å². The standard InChI is InChI=1S/C64H70O12/c1-5-7-9-13-17-45(3)71-61(67)51-25-21-47(22-26-51)49-29-37-57(38-30-49)75-63(69)53-33-41-55(42-34-53)73-59(65)19-15-11-12-16-20-60(66)74-56-43-35-54(36-44-56)64(70)76-58-39-31-50(32-40-58)48-23-27-52(28-24-48)62(68)72-46(4)18-14-10-8-6-2/h21-46H,5-20H2,1-4H3. The van der Waals surface area contributed by atoms with Crippen molar-refractivity contribution in [2.75, 3.05) is 0 Å². The Bertz CT molecular complexity index is 2590. The number of carbonyl (C=O) groups is 6. The molecule has 2 atom stereocenters. The molecule has 6 aromatic carbocycles. The largest absolute Gasteiger partial charge is 0.459 e. The monoisotopic (exact) mass is 1030 g/mol. The first-order valence-corrected chi connectivity index (χ1v) is 26.8. The lowest BCUT2D eigenvalue weighted by molar-refractivity contribution is -0.135. The fourth-order valence-electron chi connectivity index (χ4n) is 8.27. The first-order valence-electron chi connectivity index (χ1n) is 26.8. The van der Waals surface area contributed by atoms with Gasteiger partial charge in [0.25, 0.3) is 0 Å². The molecule has 0 aliphatic carbocycles. The lowest BCUT2D eigenvalue weighted by atomic mass is 10.0. The van der Waals surface area contributed by atoms with Gasteiger partial charge >= 0.3 is 35.8 Å². The third-order valence-corrected chi connectivity index (χ3v) is 12.7. The molecule has 0 saturated carbocycles. The van der Waals surface area contributed by atoms with Crippen molar-refractivity contribution in [2.24, 2.45) is 0 Å². The third kappa shape index (κ3) is 19.1. The highest BCUT2D eigenvalue weighted by atomic mass is 16.6. The average molecular weight is 1030 g/mol. The van der Waals surface area contributed by atoms with E-state index < -0.39 is 23.9 Å². The van der Waals surface area contributed by atoms with Gasteiger partial charge in [-0.3, -0.25) is 9.59 Å². The van der Waals surface area contributed by atoms with E-state index in [9.17, 15) is 28.8 Å². The van der Waals surface area contributed by atoms with E-state index in [1.807, 2.05) is 62.4 Å². The van der Waals surface area contributed by atoms with E-state index >= 15 is 0 Å². The Hall–Kier alpha value is -7.86. The molecule has 0 spiro atoms. The summed E-state index contributed by atoms with van der Waals surface area (Å²) in [5.41, 5.74) is 5.14. The Kier molecular flexibility index (Phi) is 23.0. The lowest BCUT2D eigenvalue weighted by Crippen LogP contribution is -2.15. The number of hydrogen-bond acceptors (Lipinski definition) is 12. The van der Waals surface area contributed by atoms with Crippen LogP contribution in [0.25, 0.3) is 22.3 Å². The van der Waals surface area contributed by atoms with E-state index in [4.69, 9.17) is 28.4 Å². The van der Waals surface area contributed by atoms with Gasteiger partial charge in [-0.1, -0.05) is 114 Å². The van der Waals surface area contributed by atoms with Gasteiger partial charge in [-0.25, -0.2) is 19.2 Å². The van der Waals surface area contributed by atoms with E-state index in [-0.39, 0.29) is 48.1 Å². The molecule has 398 valence electrons. The molecule has 0 heterocycles. The normalized spacial score (nSPS) is 11.7. The summed E-state index contributed by atoms with van der Waals surface area (Å²) in [5, 5.41) is 0. The summed E-state index contributed by atoms with van der Waals surface area (Å²) in [5.74, 6) is -1.28. The molecular weight excluding hydrogens is 961 g/mol. The summed E-state index contributed by atoms with van der Waals surface area (Å²) in [6, 6.07) is 40.8. The molecule has 2 unspecified atom stereocenters. The van der Waals surface area contributed by atoms with Crippen LogP contribution < -0.4 is 18.9 Å². The van der Waals surface area contributed by atoms with Gasteiger partial charge in [0.2, 0.25) is 0 Å². The van der Waals surface area contributed by atoms with Crippen molar-refractivity contribution in [2.45, 2.75) is 143 Å². The Labute approximate surface area is 447 Å². The molecule has 6 aromatic rings. The maximum Gasteiger partial charge on any atom is 0.343 e. The fourth-order valence-corrected chi connectivity index (χ4v) is 8.27. The van der Waals surface area contributed by atoms with Crippen LogP contribution in [-0.4, -0.2) is 48.0 Å². The van der Waals surface area contributed by atoms with Crippen LogP contribution in [0, 0.1) is 0 Å². The predicted molar refractivity (Wildman–Crippen MR) is 293 cm³/mol. The van der Waals surface area contributed by atoms with Crippen molar-refractivity contribution in [1.29, 1.82) is 0 Å². The molecule has 0 saturated heterocycles. The van der Waals surface area contributed by atoms with E-state index in [1.54, 1.807) is 48.5 Å². The van der Waals surface area contributed by atoms with Crippen LogP contribution in [0.4, 0.5) is 0 Å². The van der Waals surface area contributed by atoms with Crippen molar-refractivity contribution >= 4 is 35.8 Å². The van der Waals surface area contributed by atoms with Crippen LogP contribution in [0.1, 0.15) is 172 Å². The molecular formula is C64H70O12. The number of benzene rings is 6. The number of esters is 6. The fraction of sp³-hybridized carbons (Fsp3) is 0.344. The van der Waals surface area contributed by atoms with E-state index in [0.29, 0.717) is 59.8 Å². The van der Waals surface area contributed by atoms with Crippen LogP contribution in [-0.2, 0) is 19.1 Å². The zero-order valence-corrected chi connectivity index (χ0v) is 44.2. The van der Waals surface area contributed by atoms with Crippen molar-refractivity contribution in [1.82, 2.24) is 0 Å². The smallest absolute Gasteiger partial charge is 0.343 e. The van der Waals surface area contributed by atoms with E-state index in [1.165, 1.54) is 61.4 Å². The maximum absolute atomic E-state index is 12.9. The highest BCUT2D eigenvalue weighted by Gasteiger charge is 2.17. The van der Waals surface area contributed by atoms with Gasteiger partial charge in [0, 0.05) is 12.8 Å². The summed E-state index contributed by atoms with van der Waals surface area (Å²) >= 11 is 0. The Balaban J connectivity index is 0.820. The van der Waals surface area contributed by atoms with Gasteiger partial charge in [0.15, 0.2) is 0 Å². The van der Waals surface area contributed by atoms with Crippen LogP contribution in [0.15, 0.2) is 146 Å². The quantitative estimate of drug-likeness (QED) is 0.0249. The van der Waals surface area contributed by atoms with E-state index in [0.717, 1.165) is 73.6 Å². The SMILES string of the molecule is CCCCCCC(C)OC(=O)c1ccc(-c2ccc(OC(=O)c3ccc(OC(=O)CCCCCCC(=O)Oc4ccc(C(=O)Oc5ccc(-c6ccc(C(=O)OC(C)CCCCCC)cc6)cc5)cc4)cc3)cc2)cc1. The Morgan fingerprint density at radius 1 is 0.316 bits per heavy atom. The second-order valence-corrected chi connectivity index (χ2v) is 19.0. The minimum Gasteiger partial charge on any atom is -0.459 e. The first-order chi connectivity index (χ1) is 36.9. The zero-order chi connectivity index (χ0) is 54.1. The second-order valence-electron chi connectivity index (χ2n) is 19.0. The Morgan fingerprint density at radius 2 is 0.579 bits per heavy atom. The summed E-state index contributed by atoms with van der Waals surface area (Å²) in [7, 11) is 0. The van der Waals surface area contributed by atoms with Crippen LogP contribution in [0.2, 0.25) is 0 Å². The summed E-state index contributed by atoms with van der Waals surface area (Å²) in [6.45, 7) is 8.19. The number of ether oxygens (including phenoxy) is 6. The van der Waals surface area contributed by atoms with E-state index in [2.05, 4.69) is 13.8 Å². The van der Waals surface area contributed by atoms with Gasteiger partial charge in [-0.15, -0.1) is 0 Å². The van der Waals surface area contributed by atoms with Crippen LogP contribution in [0.5, 0.6) is 23.0 Å². The highest BCUT2D eigenvalue weighted by molar-refractivity contribution is 5.93.